The fraction of sp³-hybridized carbons (Fsp3) is 0.467. The first-order valence-electron chi connectivity index (χ1n) is 7.56. The van der Waals surface area contributed by atoms with Crippen molar-refractivity contribution in [2.45, 2.75) is 43.0 Å². The Bertz CT molecular complexity index is 729. The first-order chi connectivity index (χ1) is 11.3. The minimum Gasteiger partial charge on any atom is -0.452 e. The fourth-order valence-corrected chi connectivity index (χ4v) is 3.65. The molecule has 0 aliphatic heterocycles. The van der Waals surface area contributed by atoms with Crippen LogP contribution < -0.4 is 10.5 Å². The van der Waals surface area contributed by atoms with E-state index in [4.69, 9.17) is 21.5 Å². The molecular weight excluding hydrogens is 356 g/mol. The van der Waals surface area contributed by atoms with Gasteiger partial charge in [0.15, 0.2) is 6.61 Å². The Balaban J connectivity index is 1.93. The highest BCUT2D eigenvalue weighted by Gasteiger charge is 2.19. The molecule has 2 rings (SSSR count). The van der Waals surface area contributed by atoms with Crippen LogP contribution in [-0.2, 0) is 19.6 Å². The highest BCUT2D eigenvalue weighted by Crippen LogP contribution is 2.22. The molecule has 1 aliphatic carbocycles. The lowest BCUT2D eigenvalue weighted by atomic mass is 9.95. The summed E-state index contributed by atoms with van der Waals surface area (Å²) in [6.07, 6.45) is 5.17. The quantitative estimate of drug-likeness (QED) is 0.759. The van der Waals surface area contributed by atoms with Crippen molar-refractivity contribution in [2.75, 3.05) is 6.61 Å². The lowest BCUT2D eigenvalue weighted by Crippen LogP contribution is -2.38. The Morgan fingerprint density at radius 1 is 1.25 bits per heavy atom. The molecule has 0 atom stereocenters. The van der Waals surface area contributed by atoms with E-state index in [1.807, 2.05) is 0 Å². The maximum absolute atomic E-state index is 12.0. The number of amides is 1. The minimum atomic E-state index is -4.06. The Morgan fingerprint density at radius 2 is 1.92 bits per heavy atom. The van der Waals surface area contributed by atoms with Crippen molar-refractivity contribution in [3.8, 4) is 0 Å². The lowest BCUT2D eigenvalue weighted by molar-refractivity contribution is -0.125. The van der Waals surface area contributed by atoms with E-state index in [-0.39, 0.29) is 27.4 Å². The summed E-state index contributed by atoms with van der Waals surface area (Å²) in [6.45, 7) is -0.428. The van der Waals surface area contributed by atoms with Gasteiger partial charge < -0.3 is 10.1 Å². The zero-order valence-corrected chi connectivity index (χ0v) is 14.5. The molecule has 0 unspecified atom stereocenters. The normalized spacial score (nSPS) is 15.8. The third-order valence-corrected chi connectivity index (χ3v) is 5.17. The number of esters is 1. The van der Waals surface area contributed by atoms with E-state index in [1.165, 1.54) is 18.6 Å². The van der Waals surface area contributed by atoms with E-state index in [9.17, 15) is 18.0 Å². The van der Waals surface area contributed by atoms with Gasteiger partial charge in [0.25, 0.3) is 5.91 Å². The smallest absolute Gasteiger partial charge is 0.338 e. The van der Waals surface area contributed by atoms with Crippen LogP contribution in [0.5, 0.6) is 0 Å². The second-order valence-electron chi connectivity index (χ2n) is 5.67. The maximum atomic E-state index is 12.0. The molecular formula is C15H19ClN2O5S. The van der Waals surface area contributed by atoms with Gasteiger partial charge in [-0.15, -0.1) is 0 Å². The van der Waals surface area contributed by atoms with Crippen LogP contribution in [0.1, 0.15) is 42.5 Å². The van der Waals surface area contributed by atoms with Gasteiger partial charge in [0.05, 0.1) is 10.6 Å². The summed E-state index contributed by atoms with van der Waals surface area (Å²) in [6, 6.07) is 3.69. The zero-order valence-electron chi connectivity index (χ0n) is 13.0. The molecule has 0 spiro atoms. The molecule has 0 radical (unpaired) electrons. The van der Waals surface area contributed by atoms with Crippen LogP contribution >= 0.6 is 11.6 Å². The van der Waals surface area contributed by atoms with Crippen molar-refractivity contribution in [1.29, 1.82) is 0 Å². The SMILES string of the molecule is NS(=O)(=O)c1cc(C(=O)OCC(=O)NC2CCCCC2)ccc1Cl. The Morgan fingerprint density at radius 3 is 2.54 bits per heavy atom. The molecule has 7 nitrogen and oxygen atoms in total. The average Bonchev–Trinajstić information content (AvgIpc) is 2.53. The van der Waals surface area contributed by atoms with Crippen molar-refractivity contribution in [1.82, 2.24) is 5.32 Å². The summed E-state index contributed by atoms with van der Waals surface area (Å²) in [5.74, 6) is -1.20. The number of sulfonamides is 1. The van der Waals surface area contributed by atoms with Gasteiger partial charge in [0, 0.05) is 6.04 Å². The second kappa shape index (κ2) is 7.96. The molecule has 1 fully saturated rings. The standard InChI is InChI=1S/C15H19ClN2O5S/c16-12-7-6-10(8-13(12)24(17,21)22)15(20)23-9-14(19)18-11-4-2-1-3-5-11/h6-8,11H,1-5,9H2,(H,18,19)(H2,17,21,22). The Kier molecular flexibility index (Phi) is 6.20. The van der Waals surface area contributed by atoms with Crippen molar-refractivity contribution in [3.05, 3.63) is 28.8 Å². The maximum Gasteiger partial charge on any atom is 0.338 e. The molecule has 0 aromatic heterocycles. The van der Waals surface area contributed by atoms with Gasteiger partial charge in [-0.3, -0.25) is 4.79 Å². The molecule has 1 aromatic carbocycles. The third kappa shape index (κ3) is 5.19. The van der Waals surface area contributed by atoms with E-state index in [0.717, 1.165) is 31.7 Å². The zero-order chi connectivity index (χ0) is 17.7. The Hall–Kier alpha value is -1.64. The van der Waals surface area contributed by atoms with Crippen molar-refractivity contribution < 1.29 is 22.7 Å². The number of ether oxygens (including phenoxy) is 1. The van der Waals surface area contributed by atoms with Crippen LogP contribution in [0.25, 0.3) is 0 Å². The van der Waals surface area contributed by atoms with E-state index in [2.05, 4.69) is 5.32 Å². The molecule has 0 bridgehead atoms. The summed E-state index contributed by atoms with van der Waals surface area (Å²) < 4.78 is 27.7. The number of hydrogen-bond acceptors (Lipinski definition) is 5. The molecule has 1 amide bonds. The van der Waals surface area contributed by atoms with Crippen molar-refractivity contribution in [3.63, 3.8) is 0 Å². The predicted octanol–water partition coefficient (Wildman–Crippen LogP) is 1.59. The largest absolute Gasteiger partial charge is 0.452 e. The minimum absolute atomic E-state index is 0.0473. The van der Waals surface area contributed by atoms with Crippen molar-refractivity contribution >= 4 is 33.5 Å². The Labute approximate surface area is 145 Å². The second-order valence-corrected chi connectivity index (χ2v) is 7.61. The number of halogens is 1. The van der Waals surface area contributed by atoms with Crippen LogP contribution in [0.2, 0.25) is 5.02 Å². The van der Waals surface area contributed by atoms with E-state index in [0.29, 0.717) is 0 Å². The molecule has 132 valence electrons. The van der Waals surface area contributed by atoms with E-state index in [1.54, 1.807) is 0 Å². The number of nitrogens with one attached hydrogen (secondary N) is 1. The predicted molar refractivity (Wildman–Crippen MR) is 88.1 cm³/mol. The molecule has 3 N–H and O–H groups in total. The molecule has 24 heavy (non-hydrogen) atoms. The fourth-order valence-electron chi connectivity index (χ4n) is 2.58. The van der Waals surface area contributed by atoms with E-state index < -0.39 is 22.6 Å². The van der Waals surface area contributed by atoms with Crippen LogP contribution in [0.15, 0.2) is 23.1 Å². The average molecular weight is 375 g/mol. The number of carbonyl (C=O) groups excluding carboxylic acids is 2. The van der Waals surface area contributed by atoms with Crippen LogP contribution in [0, 0.1) is 0 Å². The number of benzene rings is 1. The first kappa shape index (κ1) is 18.7. The summed E-state index contributed by atoms with van der Waals surface area (Å²) in [5, 5.41) is 7.75. The highest BCUT2D eigenvalue weighted by molar-refractivity contribution is 7.89. The molecule has 0 saturated heterocycles. The molecule has 0 heterocycles. The summed E-state index contributed by atoms with van der Waals surface area (Å²) in [4.78, 5) is 23.4. The van der Waals surface area contributed by atoms with Gasteiger partial charge in [-0.2, -0.15) is 0 Å². The number of rotatable bonds is 5. The van der Waals surface area contributed by atoms with Gasteiger partial charge in [-0.1, -0.05) is 30.9 Å². The monoisotopic (exact) mass is 374 g/mol. The molecule has 1 aromatic rings. The van der Waals surface area contributed by atoms with Gasteiger partial charge in [-0.05, 0) is 31.0 Å². The highest BCUT2D eigenvalue weighted by atomic mass is 35.5. The summed E-state index contributed by atoms with van der Waals surface area (Å²) >= 11 is 5.75. The molecule has 1 aliphatic rings. The van der Waals surface area contributed by atoms with Crippen LogP contribution in [-0.4, -0.2) is 32.9 Å². The number of primary sulfonamides is 1. The lowest BCUT2D eigenvalue weighted by Gasteiger charge is -2.22. The van der Waals surface area contributed by atoms with Crippen LogP contribution in [0.3, 0.4) is 0 Å². The summed E-state index contributed by atoms with van der Waals surface area (Å²) in [7, 11) is -4.06. The summed E-state index contributed by atoms with van der Waals surface area (Å²) in [5.41, 5.74) is -0.0473. The number of nitrogens with two attached hydrogens (primary N) is 1. The van der Waals surface area contributed by atoms with Crippen LogP contribution in [0.4, 0.5) is 0 Å². The first-order valence-corrected chi connectivity index (χ1v) is 9.48. The van der Waals surface area contributed by atoms with Gasteiger partial charge in [0.2, 0.25) is 10.0 Å². The van der Waals surface area contributed by atoms with Gasteiger partial charge in [-0.25, -0.2) is 18.4 Å². The van der Waals surface area contributed by atoms with Crippen molar-refractivity contribution in [2.24, 2.45) is 5.14 Å². The van der Waals surface area contributed by atoms with Gasteiger partial charge >= 0.3 is 5.97 Å². The molecule has 9 heteroatoms. The molecule has 1 saturated carbocycles. The number of carbonyl (C=O) groups is 2. The third-order valence-electron chi connectivity index (χ3n) is 3.78. The number of hydrogen-bond donors (Lipinski definition) is 2. The topological polar surface area (TPSA) is 116 Å². The van der Waals surface area contributed by atoms with E-state index >= 15 is 0 Å². The van der Waals surface area contributed by atoms with Gasteiger partial charge in [0.1, 0.15) is 4.90 Å².